The molecule has 1 aromatic carbocycles. The summed E-state index contributed by atoms with van der Waals surface area (Å²) in [5, 5.41) is 8.74. The molecule has 0 aliphatic heterocycles. The highest BCUT2D eigenvalue weighted by atomic mass is 16.5. The highest BCUT2D eigenvalue weighted by Crippen LogP contribution is 2.28. The van der Waals surface area contributed by atoms with Crippen LogP contribution in [0.15, 0.2) is 30.6 Å². The predicted molar refractivity (Wildman–Crippen MR) is 79.8 cm³/mol. The van der Waals surface area contributed by atoms with Gasteiger partial charge in [0.2, 0.25) is 0 Å². The minimum atomic E-state index is -0.964. The molecule has 2 aromatic rings. The fraction of sp³-hybridized carbons (Fsp3) is 0.267. The van der Waals surface area contributed by atoms with Crippen LogP contribution in [-0.2, 0) is 4.79 Å². The predicted octanol–water partition coefficient (Wildman–Crippen LogP) is 1.64. The zero-order chi connectivity index (χ0) is 16.1. The number of rotatable bonds is 6. The number of hydrogen-bond acceptors (Lipinski definition) is 6. The SMILES string of the molecule is COc1cc(OC)cc(-c2ncc(C(N)CC(=O)O)cn2)c1. The molecule has 1 atom stereocenters. The van der Waals surface area contributed by atoms with Crippen molar-refractivity contribution in [2.24, 2.45) is 5.73 Å². The molecule has 0 bridgehead atoms. The molecule has 3 N–H and O–H groups in total. The number of carboxylic acid groups (broad SMARTS) is 1. The first-order chi connectivity index (χ1) is 10.5. The van der Waals surface area contributed by atoms with Crippen LogP contribution in [0.4, 0.5) is 0 Å². The number of carboxylic acids is 1. The first-order valence-electron chi connectivity index (χ1n) is 6.56. The van der Waals surface area contributed by atoms with Gasteiger partial charge in [-0.25, -0.2) is 9.97 Å². The molecular weight excluding hydrogens is 286 g/mol. The first kappa shape index (κ1) is 15.7. The standard InChI is InChI=1S/C15H17N3O4/c1-21-11-3-9(4-12(5-11)22-2)15-17-7-10(8-18-15)13(16)6-14(19)20/h3-5,7-8,13H,6,16H2,1-2H3,(H,19,20). The summed E-state index contributed by atoms with van der Waals surface area (Å²) in [7, 11) is 3.13. The average Bonchev–Trinajstić information content (AvgIpc) is 2.53. The lowest BCUT2D eigenvalue weighted by Crippen LogP contribution is -2.15. The number of hydrogen-bond donors (Lipinski definition) is 2. The monoisotopic (exact) mass is 303 g/mol. The molecule has 1 aromatic heterocycles. The Balaban J connectivity index is 2.28. The molecule has 7 heteroatoms. The van der Waals surface area contributed by atoms with Crippen LogP contribution >= 0.6 is 0 Å². The van der Waals surface area contributed by atoms with Crippen LogP contribution in [0, 0.1) is 0 Å². The van der Waals surface area contributed by atoms with Crippen LogP contribution in [0.3, 0.4) is 0 Å². The first-order valence-corrected chi connectivity index (χ1v) is 6.56. The van der Waals surface area contributed by atoms with Crippen molar-refractivity contribution < 1.29 is 19.4 Å². The van der Waals surface area contributed by atoms with Crippen molar-refractivity contribution in [3.05, 3.63) is 36.2 Å². The number of ether oxygens (including phenoxy) is 2. The molecule has 0 aliphatic rings. The van der Waals surface area contributed by atoms with Gasteiger partial charge in [-0.1, -0.05) is 0 Å². The van der Waals surface area contributed by atoms with Gasteiger partial charge in [0.1, 0.15) is 11.5 Å². The van der Waals surface area contributed by atoms with Gasteiger partial charge in [-0.15, -0.1) is 0 Å². The van der Waals surface area contributed by atoms with Gasteiger partial charge in [0, 0.05) is 35.6 Å². The number of methoxy groups -OCH3 is 2. The number of nitrogens with zero attached hydrogens (tertiary/aromatic N) is 2. The Kier molecular flexibility index (Phi) is 4.90. The van der Waals surface area contributed by atoms with Gasteiger partial charge in [-0.3, -0.25) is 4.79 Å². The summed E-state index contributed by atoms with van der Waals surface area (Å²) >= 11 is 0. The van der Waals surface area contributed by atoms with Crippen LogP contribution < -0.4 is 15.2 Å². The third-order valence-electron chi connectivity index (χ3n) is 3.10. The van der Waals surface area contributed by atoms with Gasteiger partial charge in [0.25, 0.3) is 0 Å². The molecule has 0 amide bonds. The van der Waals surface area contributed by atoms with Gasteiger partial charge in [-0.2, -0.15) is 0 Å². The zero-order valence-electron chi connectivity index (χ0n) is 12.3. The second-order valence-electron chi connectivity index (χ2n) is 4.65. The minimum Gasteiger partial charge on any atom is -0.497 e. The third kappa shape index (κ3) is 3.70. The molecule has 7 nitrogen and oxygen atoms in total. The largest absolute Gasteiger partial charge is 0.497 e. The van der Waals surface area contributed by atoms with E-state index in [1.54, 1.807) is 32.4 Å². The van der Waals surface area contributed by atoms with E-state index in [2.05, 4.69) is 9.97 Å². The van der Waals surface area contributed by atoms with Gasteiger partial charge in [0.05, 0.1) is 20.6 Å². The maximum absolute atomic E-state index is 10.7. The molecule has 22 heavy (non-hydrogen) atoms. The molecule has 0 radical (unpaired) electrons. The molecule has 0 aliphatic carbocycles. The summed E-state index contributed by atoms with van der Waals surface area (Å²) in [6.07, 6.45) is 2.89. The van der Waals surface area contributed by atoms with E-state index in [0.29, 0.717) is 22.9 Å². The second kappa shape index (κ2) is 6.86. The van der Waals surface area contributed by atoms with E-state index in [1.165, 1.54) is 12.4 Å². The lowest BCUT2D eigenvalue weighted by Gasteiger charge is -2.10. The summed E-state index contributed by atoms with van der Waals surface area (Å²) in [5.74, 6) is 0.770. The van der Waals surface area contributed by atoms with E-state index >= 15 is 0 Å². The van der Waals surface area contributed by atoms with Crippen molar-refractivity contribution in [1.29, 1.82) is 0 Å². The number of carbonyl (C=O) groups is 1. The third-order valence-corrected chi connectivity index (χ3v) is 3.10. The van der Waals surface area contributed by atoms with Crippen LogP contribution in [0.1, 0.15) is 18.0 Å². The topological polar surface area (TPSA) is 108 Å². The van der Waals surface area contributed by atoms with Gasteiger partial charge in [0.15, 0.2) is 5.82 Å². The molecule has 1 heterocycles. The average molecular weight is 303 g/mol. The van der Waals surface area contributed by atoms with Crippen molar-refractivity contribution in [3.8, 4) is 22.9 Å². The van der Waals surface area contributed by atoms with Crippen LogP contribution in [0.2, 0.25) is 0 Å². The van der Waals surface area contributed by atoms with Crippen molar-refractivity contribution in [3.63, 3.8) is 0 Å². The van der Waals surface area contributed by atoms with E-state index in [-0.39, 0.29) is 6.42 Å². The molecule has 116 valence electrons. The van der Waals surface area contributed by atoms with Gasteiger partial charge < -0.3 is 20.3 Å². The van der Waals surface area contributed by atoms with Crippen molar-refractivity contribution in [2.75, 3.05) is 14.2 Å². The lowest BCUT2D eigenvalue weighted by molar-refractivity contribution is -0.137. The fourth-order valence-corrected chi connectivity index (χ4v) is 1.92. The second-order valence-corrected chi connectivity index (χ2v) is 4.65. The summed E-state index contributed by atoms with van der Waals surface area (Å²) in [6, 6.07) is 4.69. The summed E-state index contributed by atoms with van der Waals surface area (Å²) in [4.78, 5) is 19.1. The highest BCUT2D eigenvalue weighted by molar-refractivity contribution is 5.68. The Morgan fingerprint density at radius 1 is 1.18 bits per heavy atom. The minimum absolute atomic E-state index is 0.171. The van der Waals surface area contributed by atoms with Crippen molar-refractivity contribution >= 4 is 5.97 Å². The quantitative estimate of drug-likeness (QED) is 0.835. The van der Waals surface area contributed by atoms with E-state index in [9.17, 15) is 4.79 Å². The maximum atomic E-state index is 10.7. The Morgan fingerprint density at radius 2 is 1.73 bits per heavy atom. The van der Waals surface area contributed by atoms with E-state index in [1.807, 2.05) is 0 Å². The Labute approximate surface area is 127 Å². The Morgan fingerprint density at radius 3 is 2.18 bits per heavy atom. The molecule has 0 saturated heterocycles. The number of benzene rings is 1. The Bertz CT molecular complexity index is 636. The number of aromatic nitrogens is 2. The molecular formula is C15H17N3O4. The van der Waals surface area contributed by atoms with E-state index < -0.39 is 12.0 Å². The lowest BCUT2D eigenvalue weighted by atomic mass is 10.1. The number of aliphatic carboxylic acids is 1. The fourth-order valence-electron chi connectivity index (χ4n) is 1.92. The summed E-state index contributed by atoms with van der Waals surface area (Å²) in [5.41, 5.74) is 7.08. The van der Waals surface area contributed by atoms with E-state index in [4.69, 9.17) is 20.3 Å². The highest BCUT2D eigenvalue weighted by Gasteiger charge is 2.12. The summed E-state index contributed by atoms with van der Waals surface area (Å²) in [6.45, 7) is 0. The maximum Gasteiger partial charge on any atom is 0.305 e. The molecule has 0 spiro atoms. The van der Waals surface area contributed by atoms with Gasteiger partial charge >= 0.3 is 5.97 Å². The summed E-state index contributed by atoms with van der Waals surface area (Å²) < 4.78 is 10.4. The molecule has 0 fully saturated rings. The smallest absolute Gasteiger partial charge is 0.305 e. The Hall–Kier alpha value is -2.67. The van der Waals surface area contributed by atoms with Crippen LogP contribution in [-0.4, -0.2) is 35.3 Å². The van der Waals surface area contributed by atoms with E-state index in [0.717, 1.165) is 5.56 Å². The van der Waals surface area contributed by atoms with Crippen molar-refractivity contribution in [1.82, 2.24) is 9.97 Å². The zero-order valence-corrected chi connectivity index (χ0v) is 12.3. The van der Waals surface area contributed by atoms with Crippen LogP contribution in [0.5, 0.6) is 11.5 Å². The van der Waals surface area contributed by atoms with Crippen molar-refractivity contribution in [2.45, 2.75) is 12.5 Å². The molecule has 2 rings (SSSR count). The number of nitrogens with two attached hydrogens (primary N) is 1. The molecule has 1 unspecified atom stereocenters. The normalized spacial score (nSPS) is 11.8. The molecule has 0 saturated carbocycles. The van der Waals surface area contributed by atoms with Crippen LogP contribution in [0.25, 0.3) is 11.4 Å². The van der Waals surface area contributed by atoms with Gasteiger partial charge in [-0.05, 0) is 12.1 Å².